The molecule has 0 spiro atoms. The molecule has 1 rings (SSSR count). The van der Waals surface area contributed by atoms with E-state index in [1.807, 2.05) is 0 Å². The van der Waals surface area contributed by atoms with Crippen LogP contribution in [0.5, 0.6) is 0 Å². The van der Waals surface area contributed by atoms with Crippen LogP contribution in [-0.4, -0.2) is 75.9 Å². The van der Waals surface area contributed by atoms with E-state index in [2.05, 4.69) is 16.0 Å². The molecule has 0 fully saturated rings. The van der Waals surface area contributed by atoms with Gasteiger partial charge in [-0.3, -0.25) is 28.8 Å². The number of nitrogens with one attached hydrogen (secondary N) is 3. The van der Waals surface area contributed by atoms with Crippen LogP contribution in [0.3, 0.4) is 0 Å². The molecule has 37 heavy (non-hydrogen) atoms. The van der Waals surface area contributed by atoms with E-state index in [4.69, 9.17) is 22.3 Å². The van der Waals surface area contributed by atoms with E-state index >= 15 is 0 Å². The van der Waals surface area contributed by atoms with Gasteiger partial charge in [0, 0.05) is 12.8 Å². The predicted molar refractivity (Wildman–Crippen MR) is 126 cm³/mol. The van der Waals surface area contributed by atoms with Crippen LogP contribution in [0.2, 0.25) is 0 Å². The highest BCUT2D eigenvalue weighted by molar-refractivity contribution is 5.96. The SMILES string of the molecule is NC(=O)CCC(NC(=O)C(CC(N)=O)NC(=O)C(Cc1ccccc1)NC(=O)C(N)CC(=O)O)C(=O)O. The van der Waals surface area contributed by atoms with Crippen molar-refractivity contribution in [3.8, 4) is 0 Å². The fraction of sp³-hybridized carbons (Fsp3) is 0.409. The number of carbonyl (C=O) groups is 7. The number of carboxylic acids is 2. The molecular formula is C22H30N6O9. The van der Waals surface area contributed by atoms with Crippen molar-refractivity contribution in [2.24, 2.45) is 17.2 Å². The highest BCUT2D eigenvalue weighted by Gasteiger charge is 2.31. The lowest BCUT2D eigenvalue weighted by Crippen LogP contribution is -2.58. The molecule has 0 bridgehead atoms. The van der Waals surface area contributed by atoms with Crippen LogP contribution in [0.1, 0.15) is 31.2 Å². The Hall–Kier alpha value is -4.53. The second kappa shape index (κ2) is 14.8. The summed E-state index contributed by atoms with van der Waals surface area (Å²) in [5, 5.41) is 24.9. The Morgan fingerprint density at radius 3 is 1.78 bits per heavy atom. The number of carbonyl (C=O) groups excluding carboxylic acids is 5. The lowest BCUT2D eigenvalue weighted by molar-refractivity contribution is -0.142. The quantitative estimate of drug-likeness (QED) is 0.107. The summed E-state index contributed by atoms with van der Waals surface area (Å²) in [4.78, 5) is 83.0. The minimum absolute atomic E-state index is 0.0977. The van der Waals surface area contributed by atoms with Crippen molar-refractivity contribution in [1.29, 1.82) is 0 Å². The zero-order chi connectivity index (χ0) is 28.1. The third kappa shape index (κ3) is 11.6. The molecule has 5 amide bonds. The Morgan fingerprint density at radius 2 is 1.27 bits per heavy atom. The highest BCUT2D eigenvalue weighted by atomic mass is 16.4. The first kappa shape index (κ1) is 30.5. The molecule has 0 heterocycles. The largest absolute Gasteiger partial charge is 0.481 e. The Morgan fingerprint density at radius 1 is 0.730 bits per heavy atom. The maximum Gasteiger partial charge on any atom is 0.326 e. The average Bonchev–Trinajstić information content (AvgIpc) is 2.80. The molecule has 0 radical (unpaired) electrons. The van der Waals surface area contributed by atoms with Gasteiger partial charge in [-0.05, 0) is 12.0 Å². The number of aliphatic carboxylic acids is 2. The second-order valence-corrected chi connectivity index (χ2v) is 8.09. The summed E-state index contributed by atoms with van der Waals surface area (Å²) in [7, 11) is 0. The van der Waals surface area contributed by atoms with Gasteiger partial charge in [0.2, 0.25) is 29.5 Å². The van der Waals surface area contributed by atoms with Gasteiger partial charge < -0.3 is 43.4 Å². The van der Waals surface area contributed by atoms with Crippen molar-refractivity contribution in [2.45, 2.75) is 56.3 Å². The van der Waals surface area contributed by atoms with Crippen LogP contribution in [-0.2, 0) is 40.0 Å². The van der Waals surface area contributed by atoms with Crippen LogP contribution in [0.25, 0.3) is 0 Å². The van der Waals surface area contributed by atoms with E-state index in [9.17, 15) is 38.7 Å². The molecule has 4 unspecified atom stereocenters. The molecule has 15 heteroatoms. The Balaban J connectivity index is 3.11. The number of hydrogen-bond acceptors (Lipinski definition) is 8. The molecule has 11 N–H and O–H groups in total. The van der Waals surface area contributed by atoms with Crippen LogP contribution >= 0.6 is 0 Å². The zero-order valence-electron chi connectivity index (χ0n) is 19.7. The standard InChI is InChI=1S/C22H30N6O9/c23-12(9-18(31)32)19(33)27-14(8-11-4-2-1-3-5-11)20(34)28-15(10-17(25)30)21(35)26-13(22(36)37)6-7-16(24)29/h1-5,12-15H,6-10,23H2,(H2,24,29)(H2,25,30)(H,26,35)(H,27,33)(H,28,34)(H,31,32)(H,36,37). The van der Waals surface area contributed by atoms with Gasteiger partial charge in [-0.1, -0.05) is 30.3 Å². The topological polar surface area (TPSA) is 274 Å². The first-order valence-electron chi connectivity index (χ1n) is 11.0. The number of rotatable bonds is 16. The molecule has 0 aliphatic carbocycles. The number of carboxylic acid groups (broad SMARTS) is 2. The van der Waals surface area contributed by atoms with Gasteiger partial charge in [0.1, 0.15) is 18.1 Å². The number of nitrogens with two attached hydrogens (primary N) is 3. The summed E-state index contributed by atoms with van der Waals surface area (Å²) >= 11 is 0. The lowest BCUT2D eigenvalue weighted by Gasteiger charge is -2.24. The van der Waals surface area contributed by atoms with E-state index in [0.29, 0.717) is 5.56 Å². The maximum atomic E-state index is 13.1. The number of hydrogen-bond donors (Lipinski definition) is 8. The van der Waals surface area contributed by atoms with Crippen LogP contribution < -0.4 is 33.2 Å². The van der Waals surface area contributed by atoms with Gasteiger partial charge in [0.15, 0.2) is 0 Å². The molecule has 1 aromatic carbocycles. The average molecular weight is 523 g/mol. The molecule has 0 saturated heterocycles. The summed E-state index contributed by atoms with van der Waals surface area (Å²) in [5.74, 6) is -7.62. The fourth-order valence-electron chi connectivity index (χ4n) is 3.12. The van der Waals surface area contributed by atoms with E-state index in [0.717, 1.165) is 0 Å². The third-order valence-electron chi connectivity index (χ3n) is 4.98. The van der Waals surface area contributed by atoms with Gasteiger partial charge in [-0.2, -0.15) is 0 Å². The molecular weight excluding hydrogens is 492 g/mol. The highest BCUT2D eigenvalue weighted by Crippen LogP contribution is 2.06. The van der Waals surface area contributed by atoms with Gasteiger partial charge in [-0.15, -0.1) is 0 Å². The molecule has 1 aromatic rings. The number of benzene rings is 1. The molecule has 0 aromatic heterocycles. The summed E-state index contributed by atoms with van der Waals surface area (Å²) in [6, 6.07) is 2.32. The molecule has 202 valence electrons. The van der Waals surface area contributed by atoms with Crippen molar-refractivity contribution >= 4 is 41.5 Å². The smallest absolute Gasteiger partial charge is 0.326 e. The monoisotopic (exact) mass is 522 g/mol. The van der Waals surface area contributed by atoms with Gasteiger partial charge in [0.25, 0.3) is 0 Å². The minimum Gasteiger partial charge on any atom is -0.481 e. The molecule has 4 atom stereocenters. The summed E-state index contributed by atoms with van der Waals surface area (Å²) in [6.45, 7) is 0. The van der Waals surface area contributed by atoms with Crippen molar-refractivity contribution in [1.82, 2.24) is 16.0 Å². The number of amides is 5. The first-order chi connectivity index (χ1) is 17.3. The minimum atomic E-state index is -1.64. The van der Waals surface area contributed by atoms with Crippen LogP contribution in [0.4, 0.5) is 0 Å². The Kier molecular flexibility index (Phi) is 12.2. The summed E-state index contributed by atoms with van der Waals surface area (Å²) in [5.41, 5.74) is 16.3. The van der Waals surface area contributed by atoms with E-state index < -0.39 is 78.5 Å². The van der Waals surface area contributed by atoms with Gasteiger partial charge in [0.05, 0.1) is 18.9 Å². The molecule has 0 aliphatic rings. The van der Waals surface area contributed by atoms with Crippen molar-refractivity contribution in [2.75, 3.05) is 0 Å². The maximum absolute atomic E-state index is 13.1. The first-order valence-corrected chi connectivity index (χ1v) is 11.0. The summed E-state index contributed by atoms with van der Waals surface area (Å²) < 4.78 is 0. The van der Waals surface area contributed by atoms with Crippen LogP contribution in [0.15, 0.2) is 30.3 Å². The van der Waals surface area contributed by atoms with Crippen molar-refractivity contribution < 1.29 is 43.8 Å². The van der Waals surface area contributed by atoms with Crippen molar-refractivity contribution in [3.63, 3.8) is 0 Å². The van der Waals surface area contributed by atoms with Gasteiger partial charge in [-0.25, -0.2) is 4.79 Å². The second-order valence-electron chi connectivity index (χ2n) is 8.09. The van der Waals surface area contributed by atoms with E-state index in [1.54, 1.807) is 30.3 Å². The summed E-state index contributed by atoms with van der Waals surface area (Å²) in [6.07, 6.45) is -2.22. The molecule has 0 aliphatic heterocycles. The zero-order valence-corrected chi connectivity index (χ0v) is 19.7. The predicted octanol–water partition coefficient (Wildman–Crippen LogP) is -3.29. The number of primary amides is 2. The van der Waals surface area contributed by atoms with E-state index in [-0.39, 0.29) is 19.3 Å². The molecule has 0 saturated carbocycles. The van der Waals surface area contributed by atoms with E-state index in [1.165, 1.54) is 0 Å². The van der Waals surface area contributed by atoms with Gasteiger partial charge >= 0.3 is 11.9 Å². The fourth-order valence-corrected chi connectivity index (χ4v) is 3.12. The third-order valence-corrected chi connectivity index (χ3v) is 4.98. The Labute approximate surface area is 211 Å². The normalized spacial score (nSPS) is 13.8. The Bertz CT molecular complexity index is 1020. The lowest BCUT2D eigenvalue weighted by atomic mass is 10.0. The molecule has 15 nitrogen and oxygen atoms in total. The van der Waals surface area contributed by atoms with Crippen molar-refractivity contribution in [3.05, 3.63) is 35.9 Å². The van der Waals surface area contributed by atoms with Crippen LogP contribution in [0, 0.1) is 0 Å².